The summed E-state index contributed by atoms with van der Waals surface area (Å²) in [7, 11) is -5.93. The molecule has 4 N–H and O–H groups in total. The molecular weight excluding hydrogens is 492 g/mol. The molecule has 34 heavy (non-hydrogen) atoms. The predicted octanol–water partition coefficient (Wildman–Crippen LogP) is 1.60. The van der Waals surface area contributed by atoms with E-state index in [2.05, 4.69) is 0 Å². The average molecular weight is 521 g/mol. The van der Waals surface area contributed by atoms with E-state index >= 15 is 0 Å². The summed E-state index contributed by atoms with van der Waals surface area (Å²) in [4.78, 5) is 0. The molecule has 2 aromatic rings. The molecule has 0 fully saturated rings. The standard InChI is InChI=1S/C21H28O11S2/c1-30-18-7-3-5-15(20(18)23)11-16(13-34(27,28)29)32-19-9-8-14(6-4-10-33(24,25)26)17(12-22)21(19)31-2/h3,5,7-9,16,22-23H,4,6,10-13H2,1-2H3,(H,24,25,26)(H,27,28,29). The minimum Gasteiger partial charge on any atom is -0.504 e. The number of phenols is 1. The molecule has 0 heterocycles. The monoisotopic (exact) mass is 520 g/mol. The third-order valence-corrected chi connectivity index (χ3v) is 6.57. The molecule has 1 unspecified atom stereocenters. The van der Waals surface area contributed by atoms with E-state index in [-0.39, 0.29) is 42.3 Å². The van der Waals surface area contributed by atoms with E-state index < -0.39 is 44.5 Å². The van der Waals surface area contributed by atoms with Gasteiger partial charge in [-0.15, -0.1) is 0 Å². The Hall–Kier alpha value is -2.58. The highest BCUT2D eigenvalue weighted by atomic mass is 32.2. The number of methoxy groups -OCH3 is 2. The first-order chi connectivity index (χ1) is 15.9. The van der Waals surface area contributed by atoms with E-state index in [4.69, 9.17) is 18.8 Å². The van der Waals surface area contributed by atoms with E-state index in [1.807, 2.05) is 0 Å². The molecule has 0 saturated carbocycles. The summed E-state index contributed by atoms with van der Waals surface area (Å²) in [5, 5.41) is 20.2. The fraction of sp³-hybridized carbons (Fsp3) is 0.429. The van der Waals surface area contributed by atoms with Crippen LogP contribution in [0.3, 0.4) is 0 Å². The molecule has 2 aromatic carbocycles. The average Bonchev–Trinajstić information content (AvgIpc) is 2.73. The molecule has 0 saturated heterocycles. The molecule has 0 aliphatic rings. The Kier molecular flexibility index (Phi) is 9.53. The summed E-state index contributed by atoms with van der Waals surface area (Å²) >= 11 is 0. The highest BCUT2D eigenvalue weighted by Gasteiger charge is 2.24. The van der Waals surface area contributed by atoms with Gasteiger partial charge >= 0.3 is 0 Å². The first kappa shape index (κ1) is 27.7. The van der Waals surface area contributed by atoms with Crippen LogP contribution in [0.25, 0.3) is 0 Å². The third-order valence-electron chi connectivity index (χ3n) is 4.97. The molecule has 190 valence electrons. The van der Waals surface area contributed by atoms with Crippen molar-refractivity contribution in [3.8, 4) is 23.0 Å². The van der Waals surface area contributed by atoms with Crippen LogP contribution >= 0.6 is 0 Å². The van der Waals surface area contributed by atoms with Crippen LogP contribution in [-0.4, -0.2) is 68.0 Å². The van der Waals surface area contributed by atoms with Gasteiger partial charge in [0.25, 0.3) is 20.2 Å². The van der Waals surface area contributed by atoms with Crippen molar-refractivity contribution >= 4 is 20.2 Å². The lowest BCUT2D eigenvalue weighted by Gasteiger charge is -2.22. The van der Waals surface area contributed by atoms with Crippen molar-refractivity contribution in [2.24, 2.45) is 0 Å². The van der Waals surface area contributed by atoms with Crippen molar-refractivity contribution in [3.63, 3.8) is 0 Å². The van der Waals surface area contributed by atoms with Crippen LogP contribution in [0.15, 0.2) is 30.3 Å². The van der Waals surface area contributed by atoms with E-state index in [0.717, 1.165) is 0 Å². The molecule has 13 heteroatoms. The number of hydrogen-bond donors (Lipinski definition) is 4. The van der Waals surface area contributed by atoms with Crippen LogP contribution < -0.4 is 14.2 Å². The highest BCUT2D eigenvalue weighted by molar-refractivity contribution is 7.86. The Labute approximate surface area is 198 Å². The van der Waals surface area contributed by atoms with Crippen molar-refractivity contribution in [2.75, 3.05) is 25.7 Å². The minimum absolute atomic E-state index is 0.0705. The van der Waals surface area contributed by atoms with Gasteiger partial charge in [0.05, 0.1) is 26.6 Å². The van der Waals surface area contributed by atoms with Crippen LogP contribution in [0.5, 0.6) is 23.0 Å². The maximum atomic E-state index is 11.6. The van der Waals surface area contributed by atoms with Gasteiger partial charge in [-0.05, 0) is 30.5 Å². The topological polar surface area (TPSA) is 177 Å². The molecule has 11 nitrogen and oxygen atoms in total. The second-order valence-corrected chi connectivity index (χ2v) is 10.5. The molecular formula is C21H28O11S2. The minimum atomic E-state index is -4.47. The third kappa shape index (κ3) is 8.02. The number of aromatic hydroxyl groups is 1. The lowest BCUT2D eigenvalue weighted by molar-refractivity contribution is 0.206. The fourth-order valence-corrected chi connectivity index (χ4v) is 4.67. The lowest BCUT2D eigenvalue weighted by Crippen LogP contribution is -2.29. The summed E-state index contributed by atoms with van der Waals surface area (Å²) in [6.45, 7) is -0.485. The lowest BCUT2D eigenvalue weighted by atomic mass is 10.0. The largest absolute Gasteiger partial charge is 0.504 e. The van der Waals surface area contributed by atoms with Crippen LogP contribution in [-0.2, 0) is 39.7 Å². The number of benzene rings is 2. The molecule has 0 spiro atoms. The molecule has 0 aromatic heterocycles. The van der Waals surface area contributed by atoms with E-state index in [1.54, 1.807) is 18.2 Å². The zero-order valence-corrected chi connectivity index (χ0v) is 20.3. The normalized spacial score (nSPS) is 12.9. The number of aliphatic hydroxyl groups excluding tert-OH is 1. The Bertz CT molecular complexity index is 1190. The number of aryl methyl sites for hydroxylation is 1. The molecule has 0 aliphatic heterocycles. The van der Waals surface area contributed by atoms with Crippen LogP contribution in [0, 0.1) is 0 Å². The predicted molar refractivity (Wildman–Crippen MR) is 123 cm³/mol. The molecule has 2 rings (SSSR count). The second-order valence-electron chi connectivity index (χ2n) is 7.44. The van der Waals surface area contributed by atoms with Gasteiger partial charge in [-0.2, -0.15) is 16.8 Å². The smallest absolute Gasteiger partial charge is 0.268 e. The zero-order chi connectivity index (χ0) is 25.5. The summed E-state index contributed by atoms with van der Waals surface area (Å²) in [6, 6.07) is 7.69. The zero-order valence-electron chi connectivity index (χ0n) is 18.7. The van der Waals surface area contributed by atoms with E-state index in [9.17, 15) is 31.6 Å². The van der Waals surface area contributed by atoms with E-state index in [0.29, 0.717) is 16.7 Å². The van der Waals surface area contributed by atoms with Gasteiger partial charge in [-0.25, -0.2) is 0 Å². The summed E-state index contributed by atoms with van der Waals surface area (Å²) in [5.41, 5.74) is 1.16. The number of hydrogen-bond acceptors (Lipinski definition) is 9. The maximum Gasteiger partial charge on any atom is 0.268 e. The van der Waals surface area contributed by atoms with Gasteiger partial charge in [0.15, 0.2) is 23.0 Å². The van der Waals surface area contributed by atoms with Crippen LogP contribution in [0.1, 0.15) is 23.1 Å². The maximum absolute atomic E-state index is 11.6. The first-order valence-corrected chi connectivity index (χ1v) is 13.3. The Morgan fingerprint density at radius 2 is 1.62 bits per heavy atom. The molecule has 0 bridgehead atoms. The SMILES string of the molecule is COc1cccc(CC(CS(=O)(=O)O)Oc2ccc(CCCS(=O)(=O)O)c(CO)c2OC)c1O. The fourth-order valence-electron chi connectivity index (χ4n) is 3.51. The quantitative estimate of drug-likeness (QED) is 0.282. The van der Waals surface area contributed by atoms with Gasteiger partial charge in [0, 0.05) is 17.5 Å². The molecule has 0 radical (unpaired) electrons. The van der Waals surface area contributed by atoms with E-state index in [1.165, 1.54) is 26.4 Å². The molecule has 0 aliphatic carbocycles. The number of phenolic OH excluding ortho intramolecular Hbond substituents is 1. The van der Waals surface area contributed by atoms with Crippen molar-refractivity contribution in [1.82, 2.24) is 0 Å². The molecule has 1 atom stereocenters. The number of aliphatic hydroxyl groups is 1. The second kappa shape index (κ2) is 11.7. The molecule has 0 amide bonds. The van der Waals surface area contributed by atoms with Crippen molar-refractivity contribution in [1.29, 1.82) is 0 Å². The van der Waals surface area contributed by atoms with Gasteiger partial charge in [-0.1, -0.05) is 18.2 Å². The Morgan fingerprint density at radius 3 is 2.18 bits per heavy atom. The van der Waals surface area contributed by atoms with Gasteiger partial charge in [0.2, 0.25) is 0 Å². The summed E-state index contributed by atoms with van der Waals surface area (Å²) in [5.74, 6) is -1.11. The first-order valence-electron chi connectivity index (χ1n) is 10.1. The number of para-hydroxylation sites is 1. The van der Waals surface area contributed by atoms with Crippen molar-refractivity contribution in [3.05, 3.63) is 47.0 Å². The number of ether oxygens (including phenoxy) is 3. The van der Waals surface area contributed by atoms with Crippen molar-refractivity contribution in [2.45, 2.75) is 32.0 Å². The highest BCUT2D eigenvalue weighted by Crippen LogP contribution is 2.36. The van der Waals surface area contributed by atoms with Crippen molar-refractivity contribution < 1.29 is 50.4 Å². The van der Waals surface area contributed by atoms with Gasteiger partial charge in [0.1, 0.15) is 11.9 Å². The van der Waals surface area contributed by atoms with Gasteiger partial charge in [-0.3, -0.25) is 9.11 Å². The van der Waals surface area contributed by atoms with Crippen LogP contribution in [0.4, 0.5) is 0 Å². The van der Waals surface area contributed by atoms with Crippen LogP contribution in [0.2, 0.25) is 0 Å². The van der Waals surface area contributed by atoms with Gasteiger partial charge < -0.3 is 24.4 Å². The Balaban J connectivity index is 2.38. The summed E-state index contributed by atoms with van der Waals surface area (Å²) < 4.78 is 79.7. The number of rotatable bonds is 13. The Morgan fingerprint density at radius 1 is 0.912 bits per heavy atom. The summed E-state index contributed by atoms with van der Waals surface area (Å²) in [6.07, 6.45) is -0.969.